The molecule has 0 spiro atoms. The van der Waals surface area contributed by atoms with Crippen molar-refractivity contribution in [1.82, 2.24) is 5.32 Å². The highest BCUT2D eigenvalue weighted by Gasteiger charge is 2.32. The second-order valence-corrected chi connectivity index (χ2v) is 5.43. The van der Waals surface area contributed by atoms with Crippen molar-refractivity contribution in [3.8, 4) is 0 Å². The molecule has 0 bridgehead atoms. The molecule has 0 aromatic rings. The number of hydrogen-bond donors (Lipinski definition) is 2. The second-order valence-electron chi connectivity index (χ2n) is 5.43. The minimum Gasteiger partial charge on any atom is -0.393 e. The lowest BCUT2D eigenvalue weighted by atomic mass is 9.77. The molecule has 2 aliphatic rings. The van der Waals surface area contributed by atoms with E-state index in [9.17, 15) is 5.11 Å². The molecule has 88 valence electrons. The van der Waals surface area contributed by atoms with E-state index in [2.05, 4.69) is 12.4 Å². The number of nitrogens with one attached hydrogen (secondary N) is 1. The van der Waals surface area contributed by atoms with Gasteiger partial charge in [0.15, 0.2) is 0 Å². The van der Waals surface area contributed by atoms with Gasteiger partial charge in [-0.1, -0.05) is 12.8 Å². The van der Waals surface area contributed by atoms with Gasteiger partial charge in [0, 0.05) is 6.04 Å². The van der Waals surface area contributed by atoms with Gasteiger partial charge in [-0.2, -0.15) is 0 Å². The van der Waals surface area contributed by atoms with Gasteiger partial charge in [0.2, 0.25) is 0 Å². The quantitative estimate of drug-likeness (QED) is 0.751. The van der Waals surface area contributed by atoms with Gasteiger partial charge < -0.3 is 10.4 Å². The van der Waals surface area contributed by atoms with E-state index in [1.165, 1.54) is 38.5 Å². The Hall–Kier alpha value is -0.0800. The molecule has 2 fully saturated rings. The molecule has 0 amide bonds. The van der Waals surface area contributed by atoms with E-state index < -0.39 is 0 Å². The second kappa shape index (κ2) is 5.31. The van der Waals surface area contributed by atoms with Crippen LogP contribution < -0.4 is 5.32 Å². The first-order chi connectivity index (χ1) is 7.31. The third-order valence-electron chi connectivity index (χ3n) is 4.49. The largest absolute Gasteiger partial charge is 0.393 e. The van der Waals surface area contributed by atoms with E-state index in [0.29, 0.717) is 0 Å². The van der Waals surface area contributed by atoms with Gasteiger partial charge in [0.05, 0.1) is 6.10 Å². The van der Waals surface area contributed by atoms with Gasteiger partial charge in [0.25, 0.3) is 0 Å². The van der Waals surface area contributed by atoms with Crippen LogP contribution in [0, 0.1) is 11.8 Å². The summed E-state index contributed by atoms with van der Waals surface area (Å²) in [6.45, 7) is 0. The van der Waals surface area contributed by atoms with Crippen LogP contribution in [0.1, 0.15) is 51.4 Å². The Kier molecular flexibility index (Phi) is 4.04. The Labute approximate surface area is 93.5 Å². The lowest BCUT2D eigenvalue weighted by molar-refractivity contribution is 0.0890. The molecule has 2 saturated carbocycles. The third kappa shape index (κ3) is 2.73. The van der Waals surface area contributed by atoms with Crippen LogP contribution in [0.3, 0.4) is 0 Å². The van der Waals surface area contributed by atoms with E-state index in [4.69, 9.17) is 0 Å². The molecule has 0 heterocycles. The minimum absolute atomic E-state index is 0.0117. The van der Waals surface area contributed by atoms with Gasteiger partial charge in [-0.05, 0) is 57.4 Å². The Morgan fingerprint density at radius 2 is 1.47 bits per heavy atom. The summed E-state index contributed by atoms with van der Waals surface area (Å²) in [6, 6.07) is 0.722. The van der Waals surface area contributed by atoms with Crippen molar-refractivity contribution in [2.75, 3.05) is 7.05 Å². The highest BCUT2D eigenvalue weighted by molar-refractivity contribution is 4.87. The standard InChI is InChI=1S/C13H25NO/c1-14-13(10-4-2-3-5-10)11-6-8-12(15)9-7-11/h10-15H,2-9H2,1H3. The molecule has 0 aromatic heterocycles. The molecule has 0 aromatic carbocycles. The molecule has 2 nitrogen and oxygen atoms in total. The van der Waals surface area contributed by atoms with Crippen LogP contribution >= 0.6 is 0 Å². The van der Waals surface area contributed by atoms with Crippen molar-refractivity contribution in [1.29, 1.82) is 0 Å². The summed E-state index contributed by atoms with van der Waals surface area (Å²) < 4.78 is 0. The number of rotatable bonds is 3. The summed E-state index contributed by atoms with van der Waals surface area (Å²) in [5.41, 5.74) is 0. The smallest absolute Gasteiger partial charge is 0.0540 e. The molecule has 0 aliphatic heterocycles. The summed E-state index contributed by atoms with van der Waals surface area (Å²) in [5, 5.41) is 13.1. The summed E-state index contributed by atoms with van der Waals surface area (Å²) in [7, 11) is 2.12. The molecule has 2 N–H and O–H groups in total. The summed E-state index contributed by atoms with van der Waals surface area (Å²) in [5.74, 6) is 1.73. The first-order valence-electron chi connectivity index (χ1n) is 6.66. The maximum atomic E-state index is 9.53. The zero-order chi connectivity index (χ0) is 10.7. The maximum Gasteiger partial charge on any atom is 0.0540 e. The van der Waals surface area contributed by atoms with Crippen molar-refractivity contribution >= 4 is 0 Å². The van der Waals surface area contributed by atoms with E-state index in [-0.39, 0.29) is 6.10 Å². The zero-order valence-electron chi connectivity index (χ0n) is 9.91. The Morgan fingerprint density at radius 3 is 2.00 bits per heavy atom. The van der Waals surface area contributed by atoms with Crippen molar-refractivity contribution in [2.45, 2.75) is 63.5 Å². The van der Waals surface area contributed by atoms with Crippen LogP contribution in [0.2, 0.25) is 0 Å². The third-order valence-corrected chi connectivity index (χ3v) is 4.49. The van der Waals surface area contributed by atoms with Crippen LogP contribution in [0.4, 0.5) is 0 Å². The summed E-state index contributed by atoms with van der Waals surface area (Å²) in [4.78, 5) is 0. The summed E-state index contributed by atoms with van der Waals surface area (Å²) in [6.07, 6.45) is 10.2. The molecule has 0 radical (unpaired) electrons. The Bertz CT molecular complexity index is 181. The van der Waals surface area contributed by atoms with Crippen LogP contribution in [-0.2, 0) is 0 Å². The van der Waals surface area contributed by atoms with Crippen molar-refractivity contribution in [2.24, 2.45) is 11.8 Å². The van der Waals surface area contributed by atoms with Gasteiger partial charge in [0.1, 0.15) is 0 Å². The average molecular weight is 211 g/mol. The van der Waals surface area contributed by atoms with Crippen LogP contribution in [0.5, 0.6) is 0 Å². The number of aliphatic hydroxyl groups is 1. The molecule has 1 unspecified atom stereocenters. The molecule has 2 heteroatoms. The van der Waals surface area contributed by atoms with Gasteiger partial charge >= 0.3 is 0 Å². The minimum atomic E-state index is -0.0117. The molecule has 15 heavy (non-hydrogen) atoms. The van der Waals surface area contributed by atoms with Crippen molar-refractivity contribution in [3.05, 3.63) is 0 Å². The van der Waals surface area contributed by atoms with Crippen LogP contribution in [0.25, 0.3) is 0 Å². The topological polar surface area (TPSA) is 32.3 Å². The Morgan fingerprint density at radius 1 is 0.933 bits per heavy atom. The predicted octanol–water partition coefficient (Wildman–Crippen LogP) is 2.32. The van der Waals surface area contributed by atoms with Crippen LogP contribution in [0.15, 0.2) is 0 Å². The van der Waals surface area contributed by atoms with E-state index in [1.54, 1.807) is 0 Å². The zero-order valence-corrected chi connectivity index (χ0v) is 9.91. The fourth-order valence-electron chi connectivity index (χ4n) is 3.63. The first-order valence-corrected chi connectivity index (χ1v) is 6.66. The lowest BCUT2D eigenvalue weighted by Crippen LogP contribution is -2.41. The monoisotopic (exact) mass is 211 g/mol. The number of aliphatic hydroxyl groups excluding tert-OH is 1. The molecule has 1 atom stereocenters. The highest BCUT2D eigenvalue weighted by Crippen LogP contribution is 2.36. The van der Waals surface area contributed by atoms with E-state index in [0.717, 1.165) is 30.7 Å². The molecular weight excluding hydrogens is 186 g/mol. The van der Waals surface area contributed by atoms with Crippen LogP contribution in [-0.4, -0.2) is 24.3 Å². The average Bonchev–Trinajstić information content (AvgIpc) is 2.75. The van der Waals surface area contributed by atoms with Gasteiger partial charge in [-0.3, -0.25) is 0 Å². The lowest BCUT2D eigenvalue weighted by Gasteiger charge is -2.35. The Balaban J connectivity index is 1.88. The van der Waals surface area contributed by atoms with Crippen molar-refractivity contribution < 1.29 is 5.11 Å². The maximum absolute atomic E-state index is 9.53. The number of hydrogen-bond acceptors (Lipinski definition) is 2. The van der Waals surface area contributed by atoms with Crippen molar-refractivity contribution in [3.63, 3.8) is 0 Å². The van der Waals surface area contributed by atoms with E-state index in [1.807, 2.05) is 0 Å². The molecule has 0 saturated heterocycles. The fourth-order valence-corrected chi connectivity index (χ4v) is 3.63. The SMILES string of the molecule is CNC(C1CCCC1)C1CCC(O)CC1. The normalized spacial score (nSPS) is 35.6. The van der Waals surface area contributed by atoms with E-state index >= 15 is 0 Å². The van der Waals surface area contributed by atoms with Gasteiger partial charge in [-0.15, -0.1) is 0 Å². The predicted molar refractivity (Wildman–Crippen MR) is 62.8 cm³/mol. The summed E-state index contributed by atoms with van der Waals surface area (Å²) >= 11 is 0. The first kappa shape index (κ1) is 11.4. The highest BCUT2D eigenvalue weighted by atomic mass is 16.3. The van der Waals surface area contributed by atoms with Gasteiger partial charge in [-0.25, -0.2) is 0 Å². The fraction of sp³-hybridized carbons (Fsp3) is 1.00. The molecule has 2 aliphatic carbocycles. The molecular formula is C13H25NO. The molecule has 2 rings (SSSR count).